The molecule has 0 bridgehead atoms. The second kappa shape index (κ2) is 15.7. The second-order valence-electron chi connectivity index (χ2n) is 17.3. The van der Waals surface area contributed by atoms with E-state index in [-0.39, 0.29) is 12.5 Å². The number of rotatable bonds is 9. The molecule has 4 aliphatic rings. The number of nitrogens with one attached hydrogen (secondary N) is 2. The number of allylic oxidation sites excluding steroid dienone is 7. The Labute approximate surface area is 367 Å². The standard InChI is InChI=1S/C56H48B2N4/c1-39-20-19-25-42(36-39)60-49-37-43(59-41-23-9-4-10-24-41)34-35-46(49)56(2)53(57-40-21-7-3-8-22-40)38-52-54-55(56)62(45-28-13-6-14-29-45)51-33-18-16-31-48(51)58(54)47-30-15-17-32-50(47)61(52)44-26-11-5-12-27-44/h3-35,37-39,53,57,59-60H,36H2,1-2H3. The minimum absolute atomic E-state index is 0.0167. The maximum atomic E-state index is 4.08. The Hall–Kier alpha value is -7.17. The fourth-order valence-corrected chi connectivity index (χ4v) is 10.6. The van der Waals surface area contributed by atoms with Gasteiger partial charge in [-0.15, -0.1) is 0 Å². The first kappa shape index (κ1) is 37.8. The smallest absolute Gasteiger partial charge is 0.251 e. The van der Waals surface area contributed by atoms with Gasteiger partial charge in [-0.05, 0) is 114 Å². The summed E-state index contributed by atoms with van der Waals surface area (Å²) in [6.07, 6.45) is 10.4. The first-order chi connectivity index (χ1) is 30.5. The Balaban J connectivity index is 1.24. The van der Waals surface area contributed by atoms with Gasteiger partial charge in [0.05, 0.1) is 0 Å². The van der Waals surface area contributed by atoms with Crippen LogP contribution in [-0.2, 0) is 5.41 Å². The zero-order chi connectivity index (χ0) is 41.6. The molecule has 0 saturated heterocycles. The molecule has 0 spiro atoms. The summed E-state index contributed by atoms with van der Waals surface area (Å²) in [5, 5.41) is 7.82. The average Bonchev–Trinajstić information content (AvgIpc) is 3.31. The van der Waals surface area contributed by atoms with Gasteiger partial charge < -0.3 is 20.4 Å². The van der Waals surface area contributed by atoms with Crippen LogP contribution in [0.1, 0.15) is 25.8 Å². The summed E-state index contributed by atoms with van der Waals surface area (Å²) in [5.74, 6) is 0.485. The van der Waals surface area contributed by atoms with Crippen LogP contribution in [0.4, 0.5) is 39.8 Å². The Kier molecular flexibility index (Phi) is 9.57. The molecule has 2 N–H and O–H groups in total. The summed E-state index contributed by atoms with van der Waals surface area (Å²) in [5.41, 5.74) is 17.8. The van der Waals surface area contributed by atoms with Crippen LogP contribution in [0, 0.1) is 5.92 Å². The van der Waals surface area contributed by atoms with Crippen molar-refractivity contribution in [2.45, 2.75) is 31.5 Å². The zero-order valence-electron chi connectivity index (χ0n) is 35.2. The fourth-order valence-electron chi connectivity index (χ4n) is 10.6. The van der Waals surface area contributed by atoms with E-state index < -0.39 is 5.41 Å². The van der Waals surface area contributed by atoms with Crippen molar-refractivity contribution in [2.24, 2.45) is 5.92 Å². The Bertz CT molecular complexity index is 2910. The van der Waals surface area contributed by atoms with Gasteiger partial charge in [0.2, 0.25) is 0 Å². The zero-order valence-corrected chi connectivity index (χ0v) is 35.2. The van der Waals surface area contributed by atoms with Gasteiger partial charge in [0.25, 0.3) is 6.71 Å². The highest BCUT2D eigenvalue weighted by Crippen LogP contribution is 2.58. The lowest BCUT2D eigenvalue weighted by molar-refractivity contribution is 0.540. The summed E-state index contributed by atoms with van der Waals surface area (Å²) in [6, 6.07) is 68.9. The van der Waals surface area contributed by atoms with Crippen LogP contribution in [0.2, 0.25) is 5.82 Å². The van der Waals surface area contributed by atoms with Gasteiger partial charge in [-0.1, -0.05) is 158 Å². The first-order valence-electron chi connectivity index (χ1n) is 22.0. The van der Waals surface area contributed by atoms with Crippen LogP contribution >= 0.6 is 0 Å². The number of hydrogen-bond acceptors (Lipinski definition) is 4. The third-order valence-electron chi connectivity index (χ3n) is 13.4. The lowest BCUT2D eigenvalue weighted by Gasteiger charge is -2.55. The Morgan fingerprint density at radius 3 is 1.85 bits per heavy atom. The summed E-state index contributed by atoms with van der Waals surface area (Å²) in [6.45, 7) is 4.85. The average molecular weight is 799 g/mol. The summed E-state index contributed by atoms with van der Waals surface area (Å²) >= 11 is 0. The monoisotopic (exact) mass is 798 g/mol. The lowest BCUT2D eigenvalue weighted by atomic mass is 9.30. The van der Waals surface area contributed by atoms with Gasteiger partial charge in [0.15, 0.2) is 7.28 Å². The van der Waals surface area contributed by atoms with Crippen LogP contribution in [0.15, 0.2) is 235 Å². The topological polar surface area (TPSA) is 30.5 Å². The van der Waals surface area contributed by atoms with Gasteiger partial charge in [-0.2, -0.15) is 0 Å². The van der Waals surface area contributed by atoms with E-state index in [0.717, 1.165) is 42.1 Å². The Morgan fingerprint density at radius 1 is 0.613 bits per heavy atom. The molecule has 2 aliphatic carbocycles. The van der Waals surface area contributed by atoms with E-state index >= 15 is 0 Å². The molecular formula is C56H48B2N4. The van der Waals surface area contributed by atoms with Crippen molar-refractivity contribution in [2.75, 3.05) is 20.4 Å². The number of anilines is 7. The molecule has 2 heterocycles. The quantitative estimate of drug-likeness (QED) is 0.142. The van der Waals surface area contributed by atoms with Crippen molar-refractivity contribution >= 4 is 70.2 Å². The van der Waals surface area contributed by atoms with E-state index in [9.17, 15) is 0 Å². The van der Waals surface area contributed by atoms with E-state index in [0.29, 0.717) is 5.92 Å². The molecule has 0 aromatic heterocycles. The predicted molar refractivity (Wildman–Crippen MR) is 265 cm³/mol. The number of benzene rings is 7. The molecule has 6 heteroatoms. The van der Waals surface area contributed by atoms with Crippen molar-refractivity contribution in [3.05, 3.63) is 240 Å². The van der Waals surface area contributed by atoms with Crippen molar-refractivity contribution in [3.8, 4) is 0 Å². The minimum Gasteiger partial charge on any atom is -0.359 e. The molecule has 3 unspecified atom stereocenters. The normalized spacial score (nSPS) is 19.7. The van der Waals surface area contributed by atoms with Gasteiger partial charge >= 0.3 is 0 Å². The number of fused-ring (bicyclic) bond motifs is 4. The predicted octanol–water partition coefficient (Wildman–Crippen LogP) is 11.4. The number of nitrogens with zero attached hydrogens (tertiary/aromatic N) is 2. The van der Waals surface area contributed by atoms with E-state index in [4.69, 9.17) is 0 Å². The third-order valence-corrected chi connectivity index (χ3v) is 13.4. The van der Waals surface area contributed by atoms with Crippen molar-refractivity contribution in [3.63, 3.8) is 0 Å². The highest BCUT2D eigenvalue weighted by Gasteiger charge is 2.55. The van der Waals surface area contributed by atoms with Gasteiger partial charge in [0.1, 0.15) is 0 Å². The van der Waals surface area contributed by atoms with Crippen molar-refractivity contribution in [1.29, 1.82) is 0 Å². The van der Waals surface area contributed by atoms with Gasteiger partial charge in [-0.3, -0.25) is 0 Å². The molecule has 7 aromatic rings. The maximum absolute atomic E-state index is 4.08. The summed E-state index contributed by atoms with van der Waals surface area (Å²) < 4.78 is 0. The van der Waals surface area contributed by atoms with Gasteiger partial charge in [-0.25, -0.2) is 0 Å². The molecule has 298 valence electrons. The SMILES string of the molecule is CC1C=CC=C(Nc2cc(Nc3ccccc3)ccc2C2(C)C3=C4B(c5ccccc5N(c5ccccc5)C4=CC2Bc2ccccc2)c2ccccc2N3c2ccccc2)C1. The van der Waals surface area contributed by atoms with Crippen LogP contribution in [-0.4, -0.2) is 14.0 Å². The van der Waals surface area contributed by atoms with Crippen LogP contribution in [0.25, 0.3) is 0 Å². The molecule has 62 heavy (non-hydrogen) atoms. The first-order valence-corrected chi connectivity index (χ1v) is 22.0. The van der Waals surface area contributed by atoms with Crippen LogP contribution in [0.5, 0.6) is 0 Å². The molecule has 0 radical (unpaired) electrons. The molecule has 7 aromatic carbocycles. The summed E-state index contributed by atoms with van der Waals surface area (Å²) in [7, 11) is 0.850. The highest BCUT2D eigenvalue weighted by molar-refractivity contribution is 6.94. The maximum Gasteiger partial charge on any atom is 0.251 e. The number of hydrogen-bond donors (Lipinski definition) is 2. The molecule has 3 atom stereocenters. The van der Waals surface area contributed by atoms with Gasteiger partial charge in [0, 0.05) is 62.3 Å². The lowest BCUT2D eigenvalue weighted by Crippen LogP contribution is -2.60. The number of para-hydroxylation sites is 5. The molecular weight excluding hydrogens is 750 g/mol. The van der Waals surface area contributed by atoms with Crippen LogP contribution < -0.4 is 36.8 Å². The Morgan fingerprint density at radius 2 is 1.19 bits per heavy atom. The molecule has 2 aliphatic heterocycles. The van der Waals surface area contributed by atoms with E-state index in [1.54, 1.807) is 0 Å². The van der Waals surface area contributed by atoms with E-state index in [1.165, 1.54) is 55.9 Å². The van der Waals surface area contributed by atoms with Crippen molar-refractivity contribution in [1.82, 2.24) is 0 Å². The second-order valence-corrected chi connectivity index (χ2v) is 17.3. The van der Waals surface area contributed by atoms with Crippen molar-refractivity contribution < 1.29 is 0 Å². The molecule has 4 nitrogen and oxygen atoms in total. The highest BCUT2D eigenvalue weighted by atomic mass is 15.2. The minimum atomic E-state index is -0.546. The molecule has 0 fully saturated rings. The third kappa shape index (κ3) is 6.49. The largest absolute Gasteiger partial charge is 0.359 e. The summed E-state index contributed by atoms with van der Waals surface area (Å²) in [4.78, 5) is 5.16. The van der Waals surface area contributed by atoms with E-state index in [2.05, 4.69) is 247 Å². The molecule has 0 saturated carbocycles. The molecule has 0 amide bonds. The van der Waals surface area contributed by atoms with Crippen LogP contribution in [0.3, 0.4) is 0 Å². The van der Waals surface area contributed by atoms with E-state index in [1.807, 2.05) is 0 Å². The molecule has 11 rings (SSSR count). The fraction of sp³-hybridized carbons (Fsp3) is 0.107.